The highest BCUT2D eigenvalue weighted by Crippen LogP contribution is 2.29. The number of carbonyl (C=O) groups excluding carboxylic acids is 1. The van der Waals surface area contributed by atoms with E-state index in [0.717, 1.165) is 12.8 Å². The number of halogens is 1. The lowest BCUT2D eigenvalue weighted by atomic mass is 10.0. The molecule has 8 heteroatoms. The molecule has 134 valence electrons. The van der Waals surface area contributed by atoms with Crippen LogP contribution in [-0.2, 0) is 14.8 Å². The molecule has 1 saturated heterocycles. The Kier molecular flexibility index (Phi) is 5.51. The zero-order valence-corrected chi connectivity index (χ0v) is 15.2. The highest BCUT2D eigenvalue weighted by molar-refractivity contribution is 7.91. The summed E-state index contributed by atoms with van der Waals surface area (Å²) in [5.74, 6) is -0.897. The molecule has 1 aliphatic rings. The number of amides is 1. The van der Waals surface area contributed by atoms with E-state index in [0.29, 0.717) is 13.0 Å². The number of anilines is 1. The van der Waals surface area contributed by atoms with Gasteiger partial charge in [-0.25, -0.2) is 12.8 Å². The molecule has 0 bridgehead atoms. The third-order valence-corrected chi connectivity index (χ3v) is 7.52. The van der Waals surface area contributed by atoms with Gasteiger partial charge in [0.25, 0.3) is 10.0 Å². The van der Waals surface area contributed by atoms with Gasteiger partial charge in [0.05, 0.1) is 5.69 Å². The average Bonchev–Trinajstić information content (AvgIpc) is 3.13. The molecular weight excluding hydrogens is 363 g/mol. The molecule has 0 radical (unpaired) electrons. The summed E-state index contributed by atoms with van der Waals surface area (Å²) in [6.45, 7) is 0.401. The molecule has 1 aliphatic heterocycles. The molecule has 2 heterocycles. The van der Waals surface area contributed by atoms with Crippen LogP contribution in [0.2, 0.25) is 0 Å². The van der Waals surface area contributed by atoms with Gasteiger partial charge in [-0.2, -0.15) is 4.31 Å². The first-order valence-corrected chi connectivity index (χ1v) is 10.4. The molecule has 0 saturated carbocycles. The Balaban J connectivity index is 1.73. The number of nitrogens with zero attached hydrogens (tertiary/aromatic N) is 1. The van der Waals surface area contributed by atoms with Gasteiger partial charge in [0.1, 0.15) is 10.0 Å². The van der Waals surface area contributed by atoms with E-state index >= 15 is 0 Å². The van der Waals surface area contributed by atoms with Gasteiger partial charge in [0.15, 0.2) is 0 Å². The first-order valence-electron chi connectivity index (χ1n) is 8.08. The summed E-state index contributed by atoms with van der Waals surface area (Å²) in [5, 5.41) is 4.25. The van der Waals surface area contributed by atoms with Crippen LogP contribution in [0.3, 0.4) is 0 Å². The van der Waals surface area contributed by atoms with Crippen molar-refractivity contribution >= 4 is 33.0 Å². The average molecular weight is 382 g/mol. The second-order valence-corrected chi connectivity index (χ2v) is 8.99. The summed E-state index contributed by atoms with van der Waals surface area (Å²) >= 11 is 1.17. The van der Waals surface area contributed by atoms with Crippen molar-refractivity contribution in [2.24, 2.45) is 0 Å². The molecule has 0 aliphatic carbocycles. The molecule has 1 fully saturated rings. The van der Waals surface area contributed by atoms with Crippen molar-refractivity contribution in [1.29, 1.82) is 0 Å². The maximum absolute atomic E-state index is 13.7. The van der Waals surface area contributed by atoms with Crippen molar-refractivity contribution in [1.82, 2.24) is 4.31 Å². The van der Waals surface area contributed by atoms with E-state index in [1.165, 1.54) is 27.8 Å². The van der Waals surface area contributed by atoms with Crippen LogP contribution in [0.1, 0.15) is 25.7 Å². The van der Waals surface area contributed by atoms with Gasteiger partial charge < -0.3 is 5.32 Å². The van der Waals surface area contributed by atoms with E-state index in [1.54, 1.807) is 29.6 Å². The molecule has 1 amide bonds. The number of sulfonamides is 1. The fourth-order valence-corrected chi connectivity index (χ4v) is 5.81. The van der Waals surface area contributed by atoms with Crippen LogP contribution in [0.5, 0.6) is 0 Å². The summed E-state index contributed by atoms with van der Waals surface area (Å²) in [7, 11) is -3.60. The monoisotopic (exact) mass is 382 g/mol. The van der Waals surface area contributed by atoms with Crippen molar-refractivity contribution in [2.75, 3.05) is 11.9 Å². The third-order valence-electron chi connectivity index (χ3n) is 4.20. The largest absolute Gasteiger partial charge is 0.324 e. The quantitative estimate of drug-likeness (QED) is 0.861. The van der Waals surface area contributed by atoms with Crippen molar-refractivity contribution in [3.05, 3.63) is 47.6 Å². The molecule has 0 spiro atoms. The fourth-order valence-electron chi connectivity index (χ4n) is 3.00. The normalized spacial score (nSPS) is 18.8. The number of rotatable bonds is 5. The van der Waals surface area contributed by atoms with Crippen LogP contribution >= 0.6 is 11.3 Å². The van der Waals surface area contributed by atoms with Gasteiger partial charge in [0.2, 0.25) is 5.91 Å². The van der Waals surface area contributed by atoms with Crippen LogP contribution < -0.4 is 5.32 Å². The molecule has 5 nitrogen and oxygen atoms in total. The number of hydrogen-bond acceptors (Lipinski definition) is 4. The first kappa shape index (κ1) is 18.0. The Labute approximate surface area is 150 Å². The molecule has 1 aromatic heterocycles. The lowest BCUT2D eigenvalue weighted by Gasteiger charge is -2.34. The minimum absolute atomic E-state index is 0.0128. The highest BCUT2D eigenvalue weighted by Gasteiger charge is 2.35. The number of benzene rings is 1. The predicted octanol–water partition coefficient (Wildman–Crippen LogP) is 3.46. The summed E-state index contributed by atoms with van der Waals surface area (Å²) in [6.07, 6.45) is 2.28. The van der Waals surface area contributed by atoms with Crippen LogP contribution in [0.25, 0.3) is 0 Å². The molecule has 1 atom stereocenters. The summed E-state index contributed by atoms with van der Waals surface area (Å²) in [6, 6.07) is 8.78. The number of para-hydroxylation sites is 1. The van der Waals surface area contributed by atoms with E-state index in [4.69, 9.17) is 0 Å². The summed E-state index contributed by atoms with van der Waals surface area (Å²) < 4.78 is 41.0. The zero-order chi connectivity index (χ0) is 17.9. The minimum Gasteiger partial charge on any atom is -0.324 e. The smallest absolute Gasteiger partial charge is 0.252 e. The van der Waals surface area contributed by atoms with Gasteiger partial charge in [0, 0.05) is 19.0 Å². The fraction of sp³-hybridized carbons (Fsp3) is 0.353. The number of hydrogen-bond donors (Lipinski definition) is 1. The van der Waals surface area contributed by atoms with Gasteiger partial charge in [-0.15, -0.1) is 11.3 Å². The third kappa shape index (κ3) is 4.08. The predicted molar refractivity (Wildman–Crippen MR) is 95.5 cm³/mol. The second kappa shape index (κ2) is 7.63. The molecule has 1 N–H and O–H groups in total. The van der Waals surface area contributed by atoms with E-state index in [2.05, 4.69) is 5.32 Å². The van der Waals surface area contributed by atoms with E-state index in [1.807, 2.05) is 0 Å². The maximum Gasteiger partial charge on any atom is 0.252 e. The second-order valence-electron chi connectivity index (χ2n) is 5.93. The Morgan fingerprint density at radius 3 is 2.76 bits per heavy atom. The van der Waals surface area contributed by atoms with Crippen molar-refractivity contribution < 1.29 is 17.6 Å². The molecule has 2 aromatic rings. The van der Waals surface area contributed by atoms with Crippen molar-refractivity contribution in [3.63, 3.8) is 0 Å². The summed E-state index contributed by atoms with van der Waals surface area (Å²) in [5.41, 5.74) is 0.107. The van der Waals surface area contributed by atoms with Crippen molar-refractivity contribution in [2.45, 2.75) is 35.9 Å². The van der Waals surface area contributed by atoms with Gasteiger partial charge in [-0.3, -0.25) is 4.79 Å². The highest BCUT2D eigenvalue weighted by atomic mass is 32.2. The maximum atomic E-state index is 13.7. The molecular formula is C17H19FN2O3S2. The Bertz CT molecular complexity index is 837. The lowest BCUT2D eigenvalue weighted by molar-refractivity contribution is -0.117. The lowest BCUT2D eigenvalue weighted by Crippen LogP contribution is -2.45. The Morgan fingerprint density at radius 2 is 2.04 bits per heavy atom. The zero-order valence-electron chi connectivity index (χ0n) is 13.5. The molecule has 1 unspecified atom stereocenters. The van der Waals surface area contributed by atoms with Crippen LogP contribution in [-0.4, -0.2) is 31.2 Å². The molecule has 1 aromatic carbocycles. The van der Waals surface area contributed by atoms with Crippen molar-refractivity contribution in [3.8, 4) is 0 Å². The molecule has 25 heavy (non-hydrogen) atoms. The summed E-state index contributed by atoms with van der Waals surface area (Å²) in [4.78, 5) is 12.3. The van der Waals surface area contributed by atoms with E-state index < -0.39 is 21.9 Å². The Morgan fingerprint density at radius 1 is 1.24 bits per heavy atom. The van der Waals surface area contributed by atoms with Crippen LogP contribution in [0.4, 0.5) is 10.1 Å². The first-order chi connectivity index (χ1) is 12.0. The number of thiophene rings is 1. The van der Waals surface area contributed by atoms with Gasteiger partial charge in [-0.1, -0.05) is 24.6 Å². The Hall–Kier alpha value is -1.77. The van der Waals surface area contributed by atoms with E-state index in [-0.39, 0.29) is 22.2 Å². The SMILES string of the molecule is O=C(CC1CCCCN1S(=O)(=O)c1cccs1)Nc1ccccc1F. The molecule has 3 rings (SSSR count). The number of piperidine rings is 1. The van der Waals surface area contributed by atoms with Crippen LogP contribution in [0, 0.1) is 5.82 Å². The topological polar surface area (TPSA) is 66.5 Å². The van der Waals surface area contributed by atoms with Gasteiger partial charge in [-0.05, 0) is 36.4 Å². The van der Waals surface area contributed by atoms with Gasteiger partial charge >= 0.3 is 0 Å². The van der Waals surface area contributed by atoms with Crippen LogP contribution in [0.15, 0.2) is 46.0 Å². The minimum atomic E-state index is -3.60. The number of nitrogens with one attached hydrogen (secondary N) is 1. The van der Waals surface area contributed by atoms with E-state index in [9.17, 15) is 17.6 Å². The standard InChI is InChI=1S/C17H19FN2O3S2/c18-14-7-1-2-8-15(14)19-16(21)12-13-6-3-4-10-20(13)25(22,23)17-9-5-11-24-17/h1-2,5,7-9,11,13H,3-4,6,10,12H2,(H,19,21). The number of carbonyl (C=O) groups is 1.